The average molecular weight is 241 g/mol. The van der Waals surface area contributed by atoms with Gasteiger partial charge in [-0.2, -0.15) is 0 Å². The third-order valence-corrected chi connectivity index (χ3v) is 3.56. The molecule has 1 atom stereocenters. The minimum atomic E-state index is -0.299. The maximum atomic E-state index is 11.8. The zero-order valence-corrected chi connectivity index (χ0v) is 10.0. The summed E-state index contributed by atoms with van der Waals surface area (Å²) in [5.41, 5.74) is 1.07. The highest BCUT2D eigenvalue weighted by Crippen LogP contribution is 2.28. The molecule has 2 heterocycles. The number of esters is 1. The van der Waals surface area contributed by atoms with Crippen molar-refractivity contribution in [3.8, 4) is 0 Å². The van der Waals surface area contributed by atoms with E-state index in [1.54, 1.807) is 18.4 Å². The van der Waals surface area contributed by atoms with Crippen LogP contribution in [0.1, 0.15) is 16.5 Å². The second kappa shape index (κ2) is 5.43. The molecule has 0 saturated carbocycles. The Hall–Kier alpha value is -0.910. The number of hydrogen-bond donors (Lipinski definition) is 1. The lowest BCUT2D eigenvalue weighted by atomic mass is 10.0. The summed E-state index contributed by atoms with van der Waals surface area (Å²) in [6.07, 6.45) is 0.995. The third-order valence-electron chi connectivity index (χ3n) is 2.56. The molecular formula is C11H15NO3S. The number of carbonyl (C=O) groups excluding carboxylic acids is 1. The molecule has 0 aliphatic carbocycles. The molecule has 1 N–H and O–H groups in total. The van der Waals surface area contributed by atoms with E-state index in [2.05, 4.69) is 5.32 Å². The summed E-state index contributed by atoms with van der Waals surface area (Å²) >= 11 is 1.70. The molecule has 2 rings (SSSR count). The van der Waals surface area contributed by atoms with Gasteiger partial charge in [-0.3, -0.25) is 0 Å². The highest BCUT2D eigenvalue weighted by Gasteiger charge is 2.27. The Balaban J connectivity index is 1.98. The monoisotopic (exact) mass is 241 g/mol. The first kappa shape index (κ1) is 11.6. The lowest BCUT2D eigenvalue weighted by molar-refractivity contribution is -0.147. The van der Waals surface area contributed by atoms with Gasteiger partial charge in [0.25, 0.3) is 0 Å². The van der Waals surface area contributed by atoms with E-state index in [0.717, 1.165) is 18.5 Å². The molecule has 0 aromatic carbocycles. The van der Waals surface area contributed by atoms with Gasteiger partial charge in [0.15, 0.2) is 0 Å². The Morgan fingerprint density at radius 3 is 3.31 bits per heavy atom. The normalized spacial score (nSPS) is 19.2. The van der Waals surface area contributed by atoms with Crippen molar-refractivity contribution in [2.45, 2.75) is 12.5 Å². The van der Waals surface area contributed by atoms with Crippen molar-refractivity contribution in [3.05, 3.63) is 21.9 Å². The van der Waals surface area contributed by atoms with E-state index in [1.807, 2.05) is 11.4 Å². The van der Waals surface area contributed by atoms with Gasteiger partial charge >= 0.3 is 5.97 Å². The Morgan fingerprint density at radius 2 is 2.50 bits per heavy atom. The predicted octanol–water partition coefficient (Wildman–Crippen LogP) is 1.12. The summed E-state index contributed by atoms with van der Waals surface area (Å²) in [6, 6.07) is 1.70. The van der Waals surface area contributed by atoms with Crippen LogP contribution in [0.15, 0.2) is 11.4 Å². The van der Waals surface area contributed by atoms with Crippen molar-refractivity contribution in [2.75, 3.05) is 26.9 Å². The first-order valence-corrected chi connectivity index (χ1v) is 6.16. The van der Waals surface area contributed by atoms with Crippen LogP contribution in [-0.2, 0) is 20.7 Å². The van der Waals surface area contributed by atoms with Crippen LogP contribution < -0.4 is 5.32 Å². The topological polar surface area (TPSA) is 47.6 Å². The number of carbonyl (C=O) groups is 1. The Bertz CT molecular complexity index is 364. The van der Waals surface area contributed by atoms with E-state index < -0.39 is 0 Å². The van der Waals surface area contributed by atoms with E-state index in [1.165, 1.54) is 4.88 Å². The summed E-state index contributed by atoms with van der Waals surface area (Å²) in [7, 11) is 1.59. The summed E-state index contributed by atoms with van der Waals surface area (Å²) in [5.74, 6) is -0.212. The van der Waals surface area contributed by atoms with Crippen LogP contribution in [-0.4, -0.2) is 32.8 Å². The van der Waals surface area contributed by atoms with Gasteiger partial charge in [0.05, 0.1) is 6.61 Å². The fraction of sp³-hybridized carbons (Fsp3) is 0.545. The van der Waals surface area contributed by atoms with Crippen molar-refractivity contribution in [1.82, 2.24) is 5.32 Å². The third kappa shape index (κ3) is 2.42. The molecule has 1 aliphatic rings. The first-order valence-electron chi connectivity index (χ1n) is 5.28. The van der Waals surface area contributed by atoms with Crippen molar-refractivity contribution < 1.29 is 14.3 Å². The van der Waals surface area contributed by atoms with Gasteiger partial charge in [-0.05, 0) is 23.4 Å². The van der Waals surface area contributed by atoms with Crippen molar-refractivity contribution >= 4 is 17.3 Å². The lowest BCUT2D eigenvalue weighted by Crippen LogP contribution is -2.35. The molecule has 1 aromatic heterocycles. The van der Waals surface area contributed by atoms with Gasteiger partial charge in [-0.15, -0.1) is 11.3 Å². The number of ether oxygens (including phenoxy) is 2. The highest BCUT2D eigenvalue weighted by molar-refractivity contribution is 7.10. The van der Waals surface area contributed by atoms with Gasteiger partial charge < -0.3 is 14.8 Å². The van der Waals surface area contributed by atoms with Gasteiger partial charge in [0, 0.05) is 18.5 Å². The zero-order valence-electron chi connectivity index (χ0n) is 9.19. The van der Waals surface area contributed by atoms with Gasteiger partial charge in [-0.1, -0.05) is 0 Å². The summed E-state index contributed by atoms with van der Waals surface area (Å²) < 4.78 is 9.96. The number of nitrogens with one attached hydrogen (secondary N) is 1. The standard InChI is InChI=1S/C11H15NO3S/c1-14-5-6-15-11(13)10-8-3-7-16-9(8)2-4-12-10/h3,7,10,12H,2,4-6H2,1H3. The number of thiophene rings is 1. The molecule has 16 heavy (non-hydrogen) atoms. The molecule has 1 unspecified atom stereocenters. The van der Waals surface area contributed by atoms with Crippen molar-refractivity contribution in [2.24, 2.45) is 0 Å². The SMILES string of the molecule is COCCOC(=O)C1NCCc2sccc21. The predicted molar refractivity (Wildman–Crippen MR) is 61.6 cm³/mol. The van der Waals surface area contributed by atoms with Crippen LogP contribution in [0.4, 0.5) is 0 Å². The van der Waals surface area contributed by atoms with Crippen LogP contribution in [0.3, 0.4) is 0 Å². The average Bonchev–Trinajstić information content (AvgIpc) is 2.76. The molecule has 0 fully saturated rings. The number of methoxy groups -OCH3 is 1. The van der Waals surface area contributed by atoms with Gasteiger partial charge in [0.2, 0.25) is 0 Å². The van der Waals surface area contributed by atoms with E-state index in [4.69, 9.17) is 9.47 Å². The van der Waals surface area contributed by atoms with Crippen LogP contribution in [0.2, 0.25) is 0 Å². The molecule has 4 nitrogen and oxygen atoms in total. The van der Waals surface area contributed by atoms with E-state index in [9.17, 15) is 4.79 Å². The van der Waals surface area contributed by atoms with E-state index in [-0.39, 0.29) is 12.0 Å². The minimum absolute atomic E-state index is 0.212. The van der Waals surface area contributed by atoms with Gasteiger partial charge in [-0.25, -0.2) is 4.79 Å². The smallest absolute Gasteiger partial charge is 0.327 e. The molecule has 0 amide bonds. The fourth-order valence-corrected chi connectivity index (χ4v) is 2.69. The molecule has 0 bridgehead atoms. The minimum Gasteiger partial charge on any atom is -0.462 e. The number of rotatable bonds is 4. The van der Waals surface area contributed by atoms with E-state index in [0.29, 0.717) is 13.2 Å². The van der Waals surface area contributed by atoms with Crippen LogP contribution in [0, 0.1) is 0 Å². The van der Waals surface area contributed by atoms with Crippen LogP contribution in [0.5, 0.6) is 0 Å². The largest absolute Gasteiger partial charge is 0.462 e. The van der Waals surface area contributed by atoms with Crippen LogP contribution >= 0.6 is 11.3 Å². The molecule has 5 heteroatoms. The van der Waals surface area contributed by atoms with Crippen LogP contribution in [0.25, 0.3) is 0 Å². The molecule has 0 saturated heterocycles. The highest BCUT2D eigenvalue weighted by atomic mass is 32.1. The Morgan fingerprint density at radius 1 is 1.62 bits per heavy atom. The summed E-state index contributed by atoms with van der Waals surface area (Å²) in [6.45, 7) is 1.58. The maximum absolute atomic E-state index is 11.8. The summed E-state index contributed by atoms with van der Waals surface area (Å²) in [5, 5.41) is 5.20. The lowest BCUT2D eigenvalue weighted by Gasteiger charge is -2.22. The summed E-state index contributed by atoms with van der Waals surface area (Å²) in [4.78, 5) is 13.1. The first-order chi connectivity index (χ1) is 7.83. The molecule has 1 aromatic rings. The maximum Gasteiger partial charge on any atom is 0.327 e. The Labute approximate surface area is 98.6 Å². The zero-order chi connectivity index (χ0) is 11.4. The number of fused-ring (bicyclic) bond motifs is 1. The Kier molecular flexibility index (Phi) is 3.93. The molecule has 1 aliphatic heterocycles. The van der Waals surface area contributed by atoms with Crippen molar-refractivity contribution in [3.63, 3.8) is 0 Å². The van der Waals surface area contributed by atoms with Crippen molar-refractivity contribution in [1.29, 1.82) is 0 Å². The molecule has 0 radical (unpaired) electrons. The molecular weight excluding hydrogens is 226 g/mol. The molecule has 88 valence electrons. The quantitative estimate of drug-likeness (QED) is 0.634. The molecule has 0 spiro atoms. The second-order valence-electron chi connectivity index (χ2n) is 3.60. The fourth-order valence-electron chi connectivity index (χ4n) is 1.77. The second-order valence-corrected chi connectivity index (χ2v) is 4.60. The number of hydrogen-bond acceptors (Lipinski definition) is 5. The van der Waals surface area contributed by atoms with Gasteiger partial charge in [0.1, 0.15) is 12.6 Å². The van der Waals surface area contributed by atoms with E-state index >= 15 is 0 Å².